The van der Waals surface area contributed by atoms with E-state index >= 15 is 0 Å². The van der Waals surface area contributed by atoms with Crippen LogP contribution in [0.4, 0.5) is 0 Å². The smallest absolute Gasteiger partial charge is 0.0618 e. The van der Waals surface area contributed by atoms with E-state index in [2.05, 4.69) is 29.2 Å². The van der Waals surface area contributed by atoms with Crippen LogP contribution in [0.3, 0.4) is 0 Å². The van der Waals surface area contributed by atoms with Gasteiger partial charge in [-0.2, -0.15) is 0 Å². The average molecular weight is 220 g/mol. The van der Waals surface area contributed by atoms with Gasteiger partial charge in [0.2, 0.25) is 0 Å². The molecule has 1 heterocycles. The number of hydrogen-bond donors (Lipinski definition) is 1. The Bertz CT molecular complexity index is 315. The molecule has 0 amide bonds. The largest absolute Gasteiger partial charge is 0.383 e. The number of nitrogens with zero attached hydrogens (tertiary/aromatic N) is 1. The third kappa shape index (κ3) is 2.82. The van der Waals surface area contributed by atoms with E-state index in [9.17, 15) is 0 Å². The third-order valence-corrected chi connectivity index (χ3v) is 3.15. The summed E-state index contributed by atoms with van der Waals surface area (Å²) < 4.78 is 5.24. The number of rotatable bonds is 4. The first-order valence-electron chi connectivity index (χ1n) is 5.82. The molecule has 1 fully saturated rings. The van der Waals surface area contributed by atoms with Crippen molar-refractivity contribution in [3.8, 4) is 0 Å². The van der Waals surface area contributed by atoms with Crippen LogP contribution in [-0.2, 0) is 11.3 Å². The number of nitrogens with two attached hydrogens (primary N) is 1. The molecule has 2 N–H and O–H groups in total. The van der Waals surface area contributed by atoms with E-state index in [1.54, 1.807) is 7.11 Å². The lowest BCUT2D eigenvalue weighted by Crippen LogP contribution is -2.32. The third-order valence-electron chi connectivity index (χ3n) is 3.15. The van der Waals surface area contributed by atoms with Crippen LogP contribution in [0.5, 0.6) is 0 Å². The van der Waals surface area contributed by atoms with Crippen LogP contribution in [0.15, 0.2) is 30.3 Å². The summed E-state index contributed by atoms with van der Waals surface area (Å²) in [5, 5.41) is 0. The fourth-order valence-electron chi connectivity index (χ4n) is 2.40. The van der Waals surface area contributed by atoms with Crippen LogP contribution in [0.25, 0.3) is 0 Å². The normalized spacial score (nSPS) is 26.1. The lowest BCUT2D eigenvalue weighted by Gasteiger charge is -2.23. The second-order valence-corrected chi connectivity index (χ2v) is 4.52. The summed E-state index contributed by atoms with van der Waals surface area (Å²) in [5.74, 6) is 0. The molecular formula is C13H20N2O. The van der Waals surface area contributed by atoms with Crippen LogP contribution >= 0.6 is 0 Å². The predicted molar refractivity (Wildman–Crippen MR) is 65.1 cm³/mol. The zero-order chi connectivity index (χ0) is 11.4. The van der Waals surface area contributed by atoms with Crippen molar-refractivity contribution in [2.75, 3.05) is 20.3 Å². The van der Waals surface area contributed by atoms with Crippen molar-refractivity contribution in [2.45, 2.75) is 25.0 Å². The molecule has 3 heteroatoms. The molecule has 2 rings (SSSR count). The molecule has 2 atom stereocenters. The molecule has 1 aromatic rings. The Morgan fingerprint density at radius 1 is 1.38 bits per heavy atom. The van der Waals surface area contributed by atoms with E-state index in [1.165, 1.54) is 5.56 Å². The van der Waals surface area contributed by atoms with Gasteiger partial charge in [-0.25, -0.2) is 0 Å². The van der Waals surface area contributed by atoms with Gasteiger partial charge in [-0.3, -0.25) is 4.90 Å². The lowest BCUT2D eigenvalue weighted by atomic mass is 10.2. The van der Waals surface area contributed by atoms with Gasteiger partial charge >= 0.3 is 0 Å². The molecule has 0 bridgehead atoms. The standard InChI is InChI=1S/C13H20N2O/c1-16-10-13-7-12(14)9-15(13)8-11-5-3-2-4-6-11/h2-6,12-13H,7-10,14H2,1H3/t12-,13-/m0/s1. The number of ether oxygens (including phenoxy) is 1. The Balaban J connectivity index is 1.97. The first-order chi connectivity index (χ1) is 7.79. The van der Waals surface area contributed by atoms with Gasteiger partial charge in [0.1, 0.15) is 0 Å². The maximum atomic E-state index is 6.00. The van der Waals surface area contributed by atoms with Crippen LogP contribution < -0.4 is 5.73 Å². The Morgan fingerprint density at radius 2 is 2.12 bits per heavy atom. The van der Waals surface area contributed by atoms with Crippen molar-refractivity contribution in [3.05, 3.63) is 35.9 Å². The summed E-state index contributed by atoms with van der Waals surface area (Å²) in [6.07, 6.45) is 1.04. The molecule has 3 nitrogen and oxygen atoms in total. The van der Waals surface area contributed by atoms with Crippen molar-refractivity contribution in [1.82, 2.24) is 4.90 Å². The van der Waals surface area contributed by atoms with Gasteiger partial charge in [-0.1, -0.05) is 30.3 Å². The first kappa shape index (κ1) is 11.6. The van der Waals surface area contributed by atoms with Gasteiger partial charge in [-0.15, -0.1) is 0 Å². The lowest BCUT2D eigenvalue weighted by molar-refractivity contribution is 0.112. The summed E-state index contributed by atoms with van der Waals surface area (Å²) in [7, 11) is 1.75. The molecule has 0 aromatic heterocycles. The number of hydrogen-bond acceptors (Lipinski definition) is 3. The van der Waals surface area contributed by atoms with Gasteiger partial charge in [0.25, 0.3) is 0 Å². The molecular weight excluding hydrogens is 200 g/mol. The highest BCUT2D eigenvalue weighted by molar-refractivity contribution is 5.15. The highest BCUT2D eigenvalue weighted by Crippen LogP contribution is 2.19. The topological polar surface area (TPSA) is 38.5 Å². The minimum atomic E-state index is 0.295. The Kier molecular flexibility index (Phi) is 3.93. The molecule has 0 unspecified atom stereocenters. The van der Waals surface area contributed by atoms with E-state index in [1.807, 2.05) is 6.07 Å². The highest BCUT2D eigenvalue weighted by Gasteiger charge is 2.29. The van der Waals surface area contributed by atoms with Crippen LogP contribution in [-0.4, -0.2) is 37.2 Å². The molecule has 0 aliphatic carbocycles. The van der Waals surface area contributed by atoms with Crippen LogP contribution in [0.2, 0.25) is 0 Å². The summed E-state index contributed by atoms with van der Waals surface area (Å²) in [4.78, 5) is 2.42. The molecule has 0 radical (unpaired) electrons. The van der Waals surface area contributed by atoms with E-state index in [0.717, 1.165) is 26.1 Å². The summed E-state index contributed by atoms with van der Waals surface area (Å²) in [6, 6.07) is 11.3. The summed E-state index contributed by atoms with van der Waals surface area (Å²) in [5.41, 5.74) is 7.35. The molecule has 0 saturated carbocycles. The molecule has 88 valence electrons. The molecule has 1 saturated heterocycles. The quantitative estimate of drug-likeness (QED) is 0.829. The highest BCUT2D eigenvalue weighted by atomic mass is 16.5. The maximum Gasteiger partial charge on any atom is 0.0618 e. The van der Waals surface area contributed by atoms with Crippen molar-refractivity contribution in [3.63, 3.8) is 0 Å². The fraction of sp³-hybridized carbons (Fsp3) is 0.538. The first-order valence-corrected chi connectivity index (χ1v) is 5.82. The zero-order valence-corrected chi connectivity index (χ0v) is 9.80. The SMILES string of the molecule is COC[C@@H]1C[C@H](N)CN1Cc1ccccc1. The Morgan fingerprint density at radius 3 is 2.81 bits per heavy atom. The van der Waals surface area contributed by atoms with Crippen molar-refractivity contribution < 1.29 is 4.74 Å². The van der Waals surface area contributed by atoms with Gasteiger partial charge in [0, 0.05) is 32.3 Å². The van der Waals surface area contributed by atoms with Crippen LogP contribution in [0, 0.1) is 0 Å². The molecule has 0 spiro atoms. The van der Waals surface area contributed by atoms with Crippen molar-refractivity contribution in [2.24, 2.45) is 5.73 Å². The van der Waals surface area contributed by atoms with Crippen LogP contribution in [0.1, 0.15) is 12.0 Å². The molecule has 1 aromatic carbocycles. The monoisotopic (exact) mass is 220 g/mol. The zero-order valence-electron chi connectivity index (χ0n) is 9.80. The number of benzene rings is 1. The molecule has 16 heavy (non-hydrogen) atoms. The van der Waals surface area contributed by atoms with Gasteiger partial charge < -0.3 is 10.5 Å². The summed E-state index contributed by atoms with van der Waals surface area (Å²) >= 11 is 0. The minimum absolute atomic E-state index is 0.295. The molecule has 1 aliphatic heterocycles. The number of methoxy groups -OCH3 is 1. The maximum absolute atomic E-state index is 6.00. The van der Waals surface area contributed by atoms with Gasteiger partial charge in [0.15, 0.2) is 0 Å². The summed E-state index contributed by atoms with van der Waals surface area (Å²) in [6.45, 7) is 2.73. The van der Waals surface area contributed by atoms with Gasteiger partial charge in [0.05, 0.1) is 6.61 Å². The van der Waals surface area contributed by atoms with Gasteiger partial charge in [-0.05, 0) is 12.0 Å². The van der Waals surface area contributed by atoms with Crippen molar-refractivity contribution in [1.29, 1.82) is 0 Å². The minimum Gasteiger partial charge on any atom is -0.383 e. The second kappa shape index (κ2) is 5.43. The van der Waals surface area contributed by atoms with E-state index in [0.29, 0.717) is 12.1 Å². The number of likely N-dealkylation sites (tertiary alicyclic amines) is 1. The fourth-order valence-corrected chi connectivity index (χ4v) is 2.40. The second-order valence-electron chi connectivity index (χ2n) is 4.52. The Hall–Kier alpha value is -0.900. The Labute approximate surface area is 97.2 Å². The predicted octanol–water partition coefficient (Wildman–Crippen LogP) is 1.23. The van der Waals surface area contributed by atoms with E-state index in [-0.39, 0.29) is 0 Å². The van der Waals surface area contributed by atoms with E-state index in [4.69, 9.17) is 10.5 Å². The van der Waals surface area contributed by atoms with E-state index < -0.39 is 0 Å². The molecule has 1 aliphatic rings. The van der Waals surface area contributed by atoms with Crippen molar-refractivity contribution >= 4 is 0 Å². The average Bonchev–Trinajstić information content (AvgIpc) is 2.61.